The summed E-state index contributed by atoms with van der Waals surface area (Å²) in [4.78, 5) is 14.9. The number of rotatable bonds is 2. The van der Waals surface area contributed by atoms with Gasteiger partial charge in [0.05, 0.1) is 6.26 Å². The van der Waals surface area contributed by atoms with Crippen LogP contribution in [0.2, 0.25) is 0 Å². The van der Waals surface area contributed by atoms with E-state index in [2.05, 4.69) is 10.3 Å². The predicted octanol–water partition coefficient (Wildman–Crippen LogP) is 2.07. The van der Waals surface area contributed by atoms with E-state index >= 15 is 0 Å². The fraction of sp³-hybridized carbons (Fsp3) is 0. The molecule has 0 aliphatic rings. The molecular formula is C10H7FN2O2. The van der Waals surface area contributed by atoms with Gasteiger partial charge in [-0.25, -0.2) is 4.98 Å². The molecule has 1 N–H and O–H groups in total. The number of nitrogens with zero attached hydrogens (tertiary/aromatic N) is 1. The topological polar surface area (TPSA) is 55.1 Å². The summed E-state index contributed by atoms with van der Waals surface area (Å²) in [5, 5.41) is 2.40. The fourth-order valence-corrected chi connectivity index (χ4v) is 1.06. The Morgan fingerprint density at radius 1 is 1.33 bits per heavy atom. The van der Waals surface area contributed by atoms with Gasteiger partial charge in [0, 0.05) is 0 Å². The normalized spacial score (nSPS) is 9.93. The van der Waals surface area contributed by atoms with Crippen LogP contribution < -0.4 is 5.32 Å². The summed E-state index contributed by atoms with van der Waals surface area (Å²) >= 11 is 0. The third-order valence-corrected chi connectivity index (χ3v) is 1.70. The Hall–Kier alpha value is -2.17. The van der Waals surface area contributed by atoms with Gasteiger partial charge >= 0.3 is 0 Å². The van der Waals surface area contributed by atoms with E-state index in [9.17, 15) is 9.18 Å². The minimum Gasteiger partial charge on any atom is -0.459 e. The molecule has 4 nitrogen and oxygen atoms in total. The lowest BCUT2D eigenvalue weighted by Gasteiger charge is -2.00. The first kappa shape index (κ1) is 9.39. The van der Waals surface area contributed by atoms with Crippen molar-refractivity contribution in [1.82, 2.24) is 4.98 Å². The van der Waals surface area contributed by atoms with E-state index in [1.165, 1.54) is 30.5 Å². The summed E-state index contributed by atoms with van der Waals surface area (Å²) in [6, 6.07) is 7.25. The summed E-state index contributed by atoms with van der Waals surface area (Å²) in [6.07, 6.45) is 1.38. The number of nitrogens with one attached hydrogen (secondary N) is 1. The van der Waals surface area contributed by atoms with Crippen LogP contribution in [0.1, 0.15) is 10.6 Å². The number of anilines is 1. The highest BCUT2D eigenvalue weighted by molar-refractivity contribution is 6.01. The highest BCUT2D eigenvalue weighted by Crippen LogP contribution is 2.07. The Balaban J connectivity index is 2.13. The number of aromatic nitrogens is 1. The van der Waals surface area contributed by atoms with Crippen LogP contribution >= 0.6 is 0 Å². The molecule has 15 heavy (non-hydrogen) atoms. The molecule has 0 radical (unpaired) electrons. The molecule has 0 atom stereocenters. The summed E-state index contributed by atoms with van der Waals surface area (Å²) in [5.41, 5.74) is 0. The van der Waals surface area contributed by atoms with E-state index in [0.717, 1.165) is 0 Å². The first-order valence-corrected chi connectivity index (χ1v) is 4.23. The minimum atomic E-state index is -0.646. The molecule has 76 valence electrons. The third-order valence-electron chi connectivity index (χ3n) is 1.70. The Morgan fingerprint density at radius 2 is 2.20 bits per heavy atom. The average molecular weight is 206 g/mol. The number of halogens is 1. The van der Waals surface area contributed by atoms with Crippen LogP contribution in [-0.4, -0.2) is 10.9 Å². The zero-order valence-corrected chi connectivity index (χ0v) is 7.61. The summed E-state index contributed by atoms with van der Waals surface area (Å²) in [5.74, 6) is -0.803. The number of carbonyl (C=O) groups excluding carboxylic acids is 1. The molecule has 0 unspecified atom stereocenters. The quantitative estimate of drug-likeness (QED) is 0.765. The van der Waals surface area contributed by atoms with Gasteiger partial charge in [-0.05, 0) is 24.3 Å². The van der Waals surface area contributed by atoms with Crippen molar-refractivity contribution in [3.05, 3.63) is 48.3 Å². The lowest BCUT2D eigenvalue weighted by Crippen LogP contribution is -2.12. The van der Waals surface area contributed by atoms with Crippen molar-refractivity contribution < 1.29 is 13.6 Å². The number of pyridine rings is 1. The van der Waals surface area contributed by atoms with Gasteiger partial charge < -0.3 is 9.73 Å². The molecule has 0 fully saturated rings. The second-order valence-electron chi connectivity index (χ2n) is 2.78. The van der Waals surface area contributed by atoms with Gasteiger partial charge in [-0.2, -0.15) is 4.39 Å². The van der Waals surface area contributed by atoms with Crippen molar-refractivity contribution in [3.8, 4) is 0 Å². The summed E-state index contributed by atoms with van der Waals surface area (Å²) in [6.45, 7) is 0. The second kappa shape index (κ2) is 3.91. The van der Waals surface area contributed by atoms with Crippen molar-refractivity contribution in [2.24, 2.45) is 0 Å². The van der Waals surface area contributed by atoms with Crippen LogP contribution in [0.15, 0.2) is 41.0 Å². The number of hydrogen-bond donors (Lipinski definition) is 1. The Morgan fingerprint density at radius 3 is 2.87 bits per heavy atom. The summed E-state index contributed by atoms with van der Waals surface area (Å²) in [7, 11) is 0. The molecule has 0 spiro atoms. The van der Waals surface area contributed by atoms with Crippen LogP contribution in [0.3, 0.4) is 0 Å². The monoisotopic (exact) mass is 206 g/mol. The largest absolute Gasteiger partial charge is 0.459 e. The molecule has 2 aromatic rings. The van der Waals surface area contributed by atoms with Gasteiger partial charge in [0.2, 0.25) is 5.95 Å². The zero-order valence-electron chi connectivity index (χ0n) is 7.61. The smallest absolute Gasteiger partial charge is 0.292 e. The Labute approximate surface area is 84.7 Å². The Bertz CT molecular complexity index is 468. The first-order valence-electron chi connectivity index (χ1n) is 4.23. The molecule has 0 saturated carbocycles. The molecule has 2 aromatic heterocycles. The van der Waals surface area contributed by atoms with Crippen molar-refractivity contribution in [1.29, 1.82) is 0 Å². The molecule has 2 heterocycles. The van der Waals surface area contributed by atoms with E-state index in [1.807, 2.05) is 0 Å². The molecule has 0 aromatic carbocycles. The predicted molar refractivity (Wildman–Crippen MR) is 50.9 cm³/mol. The number of carbonyl (C=O) groups is 1. The standard InChI is InChI=1S/C10H7FN2O2/c11-8-4-1-5-9(12-8)13-10(14)7-3-2-6-15-7/h1-6H,(H,12,13,14). The van der Waals surface area contributed by atoms with Gasteiger partial charge in [0.25, 0.3) is 5.91 Å². The van der Waals surface area contributed by atoms with Crippen LogP contribution in [0, 0.1) is 5.95 Å². The first-order chi connectivity index (χ1) is 7.25. The average Bonchev–Trinajstić information content (AvgIpc) is 2.70. The van der Waals surface area contributed by atoms with Gasteiger partial charge in [0.15, 0.2) is 5.76 Å². The zero-order chi connectivity index (χ0) is 10.7. The van der Waals surface area contributed by atoms with Gasteiger partial charge in [0.1, 0.15) is 5.82 Å². The molecular weight excluding hydrogens is 199 g/mol. The van der Waals surface area contributed by atoms with E-state index in [-0.39, 0.29) is 11.6 Å². The molecule has 1 amide bonds. The van der Waals surface area contributed by atoms with E-state index in [4.69, 9.17) is 4.42 Å². The fourth-order valence-electron chi connectivity index (χ4n) is 1.06. The third kappa shape index (κ3) is 2.19. The van der Waals surface area contributed by atoms with Crippen molar-refractivity contribution >= 4 is 11.7 Å². The maximum atomic E-state index is 12.7. The maximum absolute atomic E-state index is 12.7. The van der Waals surface area contributed by atoms with Crippen LogP contribution in [-0.2, 0) is 0 Å². The lowest BCUT2D eigenvalue weighted by molar-refractivity contribution is 0.0996. The van der Waals surface area contributed by atoms with Crippen molar-refractivity contribution in [3.63, 3.8) is 0 Å². The van der Waals surface area contributed by atoms with Gasteiger partial charge in [-0.1, -0.05) is 6.07 Å². The van der Waals surface area contributed by atoms with Crippen LogP contribution in [0.25, 0.3) is 0 Å². The number of furan rings is 1. The highest BCUT2D eigenvalue weighted by Gasteiger charge is 2.09. The highest BCUT2D eigenvalue weighted by atomic mass is 19.1. The molecule has 0 aliphatic carbocycles. The minimum absolute atomic E-state index is 0.149. The van der Waals surface area contributed by atoms with E-state index < -0.39 is 11.9 Å². The van der Waals surface area contributed by atoms with E-state index in [1.54, 1.807) is 6.07 Å². The Kier molecular flexibility index (Phi) is 2.45. The SMILES string of the molecule is O=C(Nc1cccc(F)n1)c1ccco1. The molecule has 2 rings (SSSR count). The van der Waals surface area contributed by atoms with E-state index in [0.29, 0.717) is 0 Å². The second-order valence-corrected chi connectivity index (χ2v) is 2.78. The number of hydrogen-bond acceptors (Lipinski definition) is 3. The van der Waals surface area contributed by atoms with Crippen LogP contribution in [0.5, 0.6) is 0 Å². The molecule has 5 heteroatoms. The van der Waals surface area contributed by atoms with Crippen LogP contribution in [0.4, 0.5) is 10.2 Å². The summed E-state index contributed by atoms with van der Waals surface area (Å²) < 4.78 is 17.5. The van der Waals surface area contributed by atoms with Gasteiger partial charge in [-0.15, -0.1) is 0 Å². The van der Waals surface area contributed by atoms with Crippen molar-refractivity contribution in [2.75, 3.05) is 5.32 Å². The molecule has 0 aliphatic heterocycles. The maximum Gasteiger partial charge on any atom is 0.292 e. The number of amides is 1. The lowest BCUT2D eigenvalue weighted by atomic mass is 10.4. The molecule has 0 saturated heterocycles. The van der Waals surface area contributed by atoms with Crippen molar-refractivity contribution in [2.45, 2.75) is 0 Å². The van der Waals surface area contributed by atoms with Gasteiger partial charge in [-0.3, -0.25) is 4.79 Å². The molecule has 0 bridgehead atoms.